The predicted molar refractivity (Wildman–Crippen MR) is 120 cm³/mol. The van der Waals surface area contributed by atoms with E-state index in [1.165, 1.54) is 12.1 Å². The number of fused-ring (bicyclic) bond motifs is 1. The van der Waals surface area contributed by atoms with E-state index in [9.17, 15) is 9.18 Å². The lowest BCUT2D eigenvalue weighted by molar-refractivity contribution is -0.116. The maximum Gasteiger partial charge on any atom is 0.163 e. The second-order valence-electron chi connectivity index (χ2n) is 8.00. The Balaban J connectivity index is 1.58. The Morgan fingerprint density at radius 1 is 0.903 bits per heavy atom. The van der Waals surface area contributed by atoms with Gasteiger partial charge in [-0.05, 0) is 59.9 Å². The number of halogens is 1. The highest BCUT2D eigenvalue weighted by Gasteiger charge is 2.36. The van der Waals surface area contributed by atoms with E-state index in [0.717, 1.165) is 33.9 Å². The molecule has 156 valence electrons. The van der Waals surface area contributed by atoms with Crippen LogP contribution in [0.3, 0.4) is 0 Å². The molecule has 0 saturated heterocycles. The number of nitrogens with one attached hydrogen (secondary N) is 2. The third-order valence-corrected chi connectivity index (χ3v) is 6.08. The first kappa shape index (κ1) is 19.4. The summed E-state index contributed by atoms with van der Waals surface area (Å²) in [7, 11) is 1.64. The van der Waals surface area contributed by atoms with Crippen molar-refractivity contribution in [1.29, 1.82) is 0 Å². The minimum Gasteiger partial charge on any atom is -0.497 e. The standard InChI is InChI=1S/C26H23FN2O2/c1-31-20-11-9-16(10-12-20)18-14-23-25(24(30)15-18)26(17-5-4-6-19(27)13-17)29-22-8-3-2-7-21(22)28-23/h2-13,18,26,28-29H,14-15H2,1H3/t18-,26-/m1/s1. The van der Waals surface area contributed by atoms with E-state index in [0.29, 0.717) is 18.4 Å². The molecule has 0 aromatic heterocycles. The predicted octanol–water partition coefficient (Wildman–Crippen LogP) is 5.81. The number of carbonyl (C=O) groups excluding carboxylic acids is 1. The number of methoxy groups -OCH3 is 1. The van der Waals surface area contributed by atoms with Crippen LogP contribution in [0.4, 0.5) is 15.8 Å². The molecular weight excluding hydrogens is 391 g/mol. The molecule has 1 aliphatic heterocycles. The van der Waals surface area contributed by atoms with Gasteiger partial charge in [-0.2, -0.15) is 0 Å². The maximum absolute atomic E-state index is 14.0. The lowest BCUT2D eigenvalue weighted by atomic mass is 9.78. The van der Waals surface area contributed by atoms with E-state index in [-0.39, 0.29) is 17.5 Å². The zero-order chi connectivity index (χ0) is 21.4. The fraction of sp³-hybridized carbons (Fsp3) is 0.192. The van der Waals surface area contributed by atoms with Gasteiger partial charge in [0, 0.05) is 17.7 Å². The number of anilines is 2. The first-order chi connectivity index (χ1) is 15.1. The zero-order valence-electron chi connectivity index (χ0n) is 17.2. The van der Waals surface area contributed by atoms with E-state index in [1.54, 1.807) is 13.2 Å². The highest BCUT2D eigenvalue weighted by Crippen LogP contribution is 2.44. The Bertz CT molecular complexity index is 1170. The number of rotatable bonds is 3. The number of ether oxygens (including phenoxy) is 1. The van der Waals surface area contributed by atoms with Crippen LogP contribution in [0.5, 0.6) is 5.75 Å². The second kappa shape index (κ2) is 7.91. The van der Waals surface area contributed by atoms with E-state index < -0.39 is 6.04 Å². The van der Waals surface area contributed by atoms with Gasteiger partial charge in [-0.3, -0.25) is 4.79 Å². The minimum atomic E-state index is -0.411. The minimum absolute atomic E-state index is 0.0723. The van der Waals surface area contributed by atoms with E-state index in [2.05, 4.69) is 10.6 Å². The van der Waals surface area contributed by atoms with Crippen molar-refractivity contribution in [3.05, 3.63) is 101 Å². The molecule has 0 saturated carbocycles. The van der Waals surface area contributed by atoms with Crippen LogP contribution in [0, 0.1) is 5.82 Å². The van der Waals surface area contributed by atoms with E-state index >= 15 is 0 Å². The molecule has 1 aliphatic carbocycles. The number of carbonyl (C=O) groups is 1. The van der Waals surface area contributed by atoms with Crippen LogP contribution in [0.15, 0.2) is 84.1 Å². The van der Waals surface area contributed by atoms with Crippen molar-refractivity contribution >= 4 is 17.2 Å². The van der Waals surface area contributed by atoms with Crippen molar-refractivity contribution in [2.24, 2.45) is 0 Å². The zero-order valence-corrected chi connectivity index (χ0v) is 17.2. The van der Waals surface area contributed by atoms with Gasteiger partial charge in [-0.25, -0.2) is 4.39 Å². The highest BCUT2D eigenvalue weighted by atomic mass is 19.1. The molecule has 0 bridgehead atoms. The monoisotopic (exact) mass is 414 g/mol. The number of Topliss-reactive ketones (excluding diaryl/α,β-unsaturated/α-hetero) is 1. The topological polar surface area (TPSA) is 50.4 Å². The fourth-order valence-electron chi connectivity index (χ4n) is 4.54. The molecular formula is C26H23FN2O2. The molecule has 2 aliphatic rings. The summed E-state index contributed by atoms with van der Waals surface area (Å²) in [6.45, 7) is 0. The molecule has 0 fully saturated rings. The average molecular weight is 414 g/mol. The molecule has 0 amide bonds. The van der Waals surface area contributed by atoms with Crippen LogP contribution < -0.4 is 15.4 Å². The summed E-state index contributed by atoms with van der Waals surface area (Å²) < 4.78 is 19.3. The van der Waals surface area contributed by atoms with Crippen LogP contribution in [0.1, 0.15) is 35.9 Å². The summed E-state index contributed by atoms with van der Waals surface area (Å²) in [5, 5.41) is 6.98. The Kier molecular flexibility index (Phi) is 4.94. The maximum atomic E-state index is 14.0. The molecule has 2 atom stereocenters. The van der Waals surface area contributed by atoms with Crippen molar-refractivity contribution < 1.29 is 13.9 Å². The first-order valence-corrected chi connectivity index (χ1v) is 10.4. The van der Waals surface area contributed by atoms with Gasteiger partial charge in [0.15, 0.2) is 5.78 Å². The van der Waals surface area contributed by atoms with Crippen LogP contribution in [-0.4, -0.2) is 12.9 Å². The van der Waals surface area contributed by atoms with E-state index in [1.807, 2.05) is 54.6 Å². The number of para-hydroxylation sites is 2. The number of allylic oxidation sites excluding steroid dienone is 1. The lowest BCUT2D eigenvalue weighted by Crippen LogP contribution is -2.26. The summed E-state index contributed by atoms with van der Waals surface area (Å²) in [5.74, 6) is 0.626. The van der Waals surface area contributed by atoms with Crippen molar-refractivity contribution in [2.75, 3.05) is 17.7 Å². The van der Waals surface area contributed by atoms with Crippen LogP contribution in [-0.2, 0) is 4.79 Å². The second-order valence-corrected chi connectivity index (χ2v) is 8.00. The van der Waals surface area contributed by atoms with Gasteiger partial charge < -0.3 is 15.4 Å². The lowest BCUT2D eigenvalue weighted by Gasteiger charge is -2.30. The molecule has 2 N–H and O–H groups in total. The van der Waals surface area contributed by atoms with Crippen LogP contribution >= 0.6 is 0 Å². The van der Waals surface area contributed by atoms with Gasteiger partial charge in [-0.1, -0.05) is 36.4 Å². The number of hydrogen-bond donors (Lipinski definition) is 2. The fourth-order valence-corrected chi connectivity index (χ4v) is 4.54. The Labute approximate surface area is 180 Å². The molecule has 1 heterocycles. The number of benzene rings is 3. The average Bonchev–Trinajstić information content (AvgIpc) is 2.96. The smallest absolute Gasteiger partial charge is 0.163 e. The van der Waals surface area contributed by atoms with Crippen molar-refractivity contribution in [3.8, 4) is 5.75 Å². The van der Waals surface area contributed by atoms with Gasteiger partial charge in [0.2, 0.25) is 0 Å². The van der Waals surface area contributed by atoms with Crippen LogP contribution in [0.25, 0.3) is 0 Å². The summed E-state index contributed by atoms with van der Waals surface area (Å²) in [4.78, 5) is 13.5. The molecule has 5 rings (SSSR count). The Hall–Kier alpha value is -3.60. The van der Waals surface area contributed by atoms with E-state index in [4.69, 9.17) is 4.74 Å². The molecule has 4 nitrogen and oxygen atoms in total. The van der Waals surface area contributed by atoms with Crippen molar-refractivity contribution in [2.45, 2.75) is 24.8 Å². The van der Waals surface area contributed by atoms with Gasteiger partial charge >= 0.3 is 0 Å². The first-order valence-electron chi connectivity index (χ1n) is 10.4. The van der Waals surface area contributed by atoms with Gasteiger partial charge in [0.05, 0.1) is 24.5 Å². The molecule has 5 heteroatoms. The quantitative estimate of drug-likeness (QED) is 0.568. The SMILES string of the molecule is COc1ccc([C@H]2CC(=O)C3=C(C2)Nc2ccccc2N[C@@H]3c2cccc(F)c2)cc1. The Morgan fingerprint density at radius 2 is 1.68 bits per heavy atom. The molecule has 0 spiro atoms. The Morgan fingerprint density at radius 3 is 2.42 bits per heavy atom. The van der Waals surface area contributed by atoms with Crippen molar-refractivity contribution in [1.82, 2.24) is 0 Å². The number of ketones is 1. The van der Waals surface area contributed by atoms with Gasteiger partial charge in [-0.15, -0.1) is 0 Å². The van der Waals surface area contributed by atoms with Gasteiger partial charge in [0.1, 0.15) is 11.6 Å². The normalized spacial score (nSPS) is 20.1. The summed E-state index contributed by atoms with van der Waals surface area (Å²) in [5.41, 5.74) is 5.23. The molecule has 3 aromatic carbocycles. The van der Waals surface area contributed by atoms with Crippen molar-refractivity contribution in [3.63, 3.8) is 0 Å². The van der Waals surface area contributed by atoms with Crippen LogP contribution in [0.2, 0.25) is 0 Å². The summed E-state index contributed by atoms with van der Waals surface area (Å²) in [6.07, 6.45) is 1.12. The molecule has 3 aromatic rings. The largest absolute Gasteiger partial charge is 0.497 e. The third-order valence-electron chi connectivity index (χ3n) is 6.08. The molecule has 0 unspecified atom stereocenters. The third kappa shape index (κ3) is 3.67. The highest BCUT2D eigenvalue weighted by molar-refractivity contribution is 6.01. The van der Waals surface area contributed by atoms with Gasteiger partial charge in [0.25, 0.3) is 0 Å². The molecule has 31 heavy (non-hydrogen) atoms. The molecule has 0 radical (unpaired) electrons. The summed E-state index contributed by atoms with van der Waals surface area (Å²) in [6, 6.07) is 21.8. The summed E-state index contributed by atoms with van der Waals surface area (Å²) >= 11 is 0. The number of hydrogen-bond acceptors (Lipinski definition) is 4.